The zero-order chi connectivity index (χ0) is 35.3. The molecule has 0 amide bonds. The highest BCUT2D eigenvalue weighted by Gasteiger charge is 2.26. The lowest BCUT2D eigenvalue weighted by atomic mass is 9.76. The molecule has 0 spiro atoms. The molecule has 9 rings (SSSR count). The van der Waals surface area contributed by atoms with Crippen LogP contribution in [0.5, 0.6) is 0 Å². The van der Waals surface area contributed by atoms with Crippen molar-refractivity contribution in [3.63, 3.8) is 0 Å². The second-order valence-corrected chi connectivity index (χ2v) is 14.7. The second-order valence-electron chi connectivity index (χ2n) is 14.7. The number of aryl methyl sites for hydroxylation is 4. The fraction of sp³-hybridized carbons (Fsp3) is 0.160. The Bertz CT molecular complexity index is 2840. The molecule has 0 radical (unpaired) electrons. The van der Waals surface area contributed by atoms with Crippen LogP contribution in [0.1, 0.15) is 44.5 Å². The van der Waals surface area contributed by atoms with Crippen LogP contribution in [-0.4, -0.2) is 0 Å². The third kappa shape index (κ3) is 4.54. The van der Waals surface area contributed by atoms with Gasteiger partial charge in [-0.1, -0.05) is 78.9 Å². The van der Waals surface area contributed by atoms with Crippen molar-refractivity contribution in [3.8, 4) is 33.4 Å². The minimum absolute atomic E-state index is 0.923. The highest BCUT2D eigenvalue weighted by atomic mass is 16.3. The molecular weight excluding hydrogens is 617 g/mol. The van der Waals surface area contributed by atoms with Crippen molar-refractivity contribution in [2.75, 3.05) is 0 Å². The van der Waals surface area contributed by atoms with E-state index in [1.807, 2.05) is 0 Å². The Kier molecular flexibility index (Phi) is 7.03. The topological polar surface area (TPSA) is 13.1 Å². The Balaban J connectivity index is 1.48. The molecule has 9 aromatic rings. The summed E-state index contributed by atoms with van der Waals surface area (Å²) in [6.45, 7) is 18.6. The Morgan fingerprint density at radius 1 is 0.314 bits per heavy atom. The lowest BCUT2D eigenvalue weighted by Gasteiger charge is -2.27. The van der Waals surface area contributed by atoms with E-state index in [4.69, 9.17) is 4.42 Å². The maximum absolute atomic E-state index is 6.51. The van der Waals surface area contributed by atoms with Gasteiger partial charge in [-0.15, -0.1) is 0 Å². The molecule has 1 heterocycles. The summed E-state index contributed by atoms with van der Waals surface area (Å²) >= 11 is 0. The van der Waals surface area contributed by atoms with Gasteiger partial charge in [-0.05, 0) is 196 Å². The monoisotopic (exact) mass is 658 g/mol. The molecule has 1 nitrogen and oxygen atoms in total. The number of rotatable bonds is 3. The van der Waals surface area contributed by atoms with Gasteiger partial charge in [0.1, 0.15) is 11.2 Å². The van der Waals surface area contributed by atoms with Crippen LogP contribution in [0.2, 0.25) is 0 Å². The molecule has 0 unspecified atom stereocenters. The Morgan fingerprint density at radius 2 is 0.765 bits per heavy atom. The van der Waals surface area contributed by atoms with E-state index in [1.165, 1.54) is 110 Å². The zero-order valence-electron chi connectivity index (χ0n) is 30.8. The van der Waals surface area contributed by atoms with Crippen LogP contribution in [-0.2, 0) is 0 Å². The number of benzene rings is 8. The van der Waals surface area contributed by atoms with Crippen molar-refractivity contribution in [1.29, 1.82) is 0 Å². The summed E-state index contributed by atoms with van der Waals surface area (Å²) in [5.41, 5.74) is 20.4. The van der Waals surface area contributed by atoms with Crippen molar-refractivity contribution in [1.82, 2.24) is 0 Å². The molecule has 51 heavy (non-hydrogen) atoms. The van der Waals surface area contributed by atoms with Crippen molar-refractivity contribution < 1.29 is 4.42 Å². The summed E-state index contributed by atoms with van der Waals surface area (Å²) in [5, 5.41) is 10.2. The Hall–Kier alpha value is -5.66. The molecule has 0 N–H and O–H groups in total. The molecule has 1 aromatic heterocycles. The smallest absolute Gasteiger partial charge is 0.136 e. The minimum atomic E-state index is 0.923. The summed E-state index contributed by atoms with van der Waals surface area (Å²) < 4.78 is 6.51. The summed E-state index contributed by atoms with van der Waals surface area (Å²) in [4.78, 5) is 0. The Morgan fingerprint density at radius 3 is 1.33 bits per heavy atom. The molecule has 1 heteroatoms. The molecule has 0 saturated heterocycles. The largest absolute Gasteiger partial charge is 0.456 e. The van der Waals surface area contributed by atoms with Crippen LogP contribution in [0, 0.1) is 55.4 Å². The van der Waals surface area contributed by atoms with E-state index < -0.39 is 0 Å². The SMILES string of the molecule is Cc1c(C)c(C)c2c(-c3ccc4oc5cc6ccccc6cc5c4c3)c3c(C)c(C)c(C)c(C)c3c(-c3cccc(-c4ccccc4)c3)c2c1C. The van der Waals surface area contributed by atoms with Crippen molar-refractivity contribution >= 4 is 54.3 Å². The van der Waals surface area contributed by atoms with Gasteiger partial charge in [-0.3, -0.25) is 0 Å². The van der Waals surface area contributed by atoms with Crippen molar-refractivity contribution in [2.45, 2.75) is 55.4 Å². The van der Waals surface area contributed by atoms with Gasteiger partial charge in [0, 0.05) is 10.8 Å². The van der Waals surface area contributed by atoms with Gasteiger partial charge in [0.25, 0.3) is 0 Å². The maximum Gasteiger partial charge on any atom is 0.136 e. The zero-order valence-corrected chi connectivity index (χ0v) is 30.8. The number of hydrogen-bond donors (Lipinski definition) is 0. The van der Waals surface area contributed by atoms with E-state index >= 15 is 0 Å². The molecule has 0 atom stereocenters. The van der Waals surface area contributed by atoms with Crippen LogP contribution in [0.4, 0.5) is 0 Å². The normalized spacial score (nSPS) is 11.9. The maximum atomic E-state index is 6.51. The molecule has 0 aliphatic rings. The molecule has 0 fully saturated rings. The summed E-state index contributed by atoms with van der Waals surface area (Å²) in [7, 11) is 0. The minimum Gasteiger partial charge on any atom is -0.456 e. The fourth-order valence-corrected chi connectivity index (χ4v) is 8.80. The van der Waals surface area contributed by atoms with Crippen LogP contribution >= 0.6 is 0 Å². The fourth-order valence-electron chi connectivity index (χ4n) is 8.80. The first-order valence-corrected chi connectivity index (χ1v) is 18.1. The molecule has 8 aromatic carbocycles. The average molecular weight is 659 g/mol. The Labute approximate surface area is 300 Å². The first-order chi connectivity index (χ1) is 24.6. The van der Waals surface area contributed by atoms with E-state index in [-0.39, 0.29) is 0 Å². The van der Waals surface area contributed by atoms with E-state index in [1.54, 1.807) is 0 Å². The predicted octanol–water partition coefficient (Wildman–Crippen LogP) is 14.5. The van der Waals surface area contributed by atoms with E-state index in [0.717, 1.165) is 21.9 Å². The first kappa shape index (κ1) is 31.3. The average Bonchev–Trinajstić information content (AvgIpc) is 3.52. The number of furan rings is 1. The lowest BCUT2D eigenvalue weighted by molar-refractivity contribution is 0.669. The first-order valence-electron chi connectivity index (χ1n) is 18.1. The van der Waals surface area contributed by atoms with Gasteiger partial charge < -0.3 is 4.42 Å². The van der Waals surface area contributed by atoms with Gasteiger partial charge in [0.2, 0.25) is 0 Å². The highest BCUT2D eigenvalue weighted by Crippen LogP contribution is 2.51. The van der Waals surface area contributed by atoms with E-state index in [9.17, 15) is 0 Å². The quantitative estimate of drug-likeness (QED) is 0.172. The van der Waals surface area contributed by atoms with Gasteiger partial charge in [0.05, 0.1) is 0 Å². The van der Waals surface area contributed by atoms with E-state index in [2.05, 4.69) is 165 Å². The molecule has 248 valence electrons. The van der Waals surface area contributed by atoms with Crippen molar-refractivity contribution in [3.05, 3.63) is 154 Å². The van der Waals surface area contributed by atoms with Gasteiger partial charge >= 0.3 is 0 Å². The van der Waals surface area contributed by atoms with Gasteiger partial charge in [-0.25, -0.2) is 0 Å². The molecule has 0 bridgehead atoms. The van der Waals surface area contributed by atoms with Crippen molar-refractivity contribution in [2.24, 2.45) is 0 Å². The summed E-state index contributed by atoms with van der Waals surface area (Å²) in [6.07, 6.45) is 0. The van der Waals surface area contributed by atoms with Crippen LogP contribution in [0.25, 0.3) is 87.6 Å². The van der Waals surface area contributed by atoms with Crippen LogP contribution in [0.3, 0.4) is 0 Å². The lowest BCUT2D eigenvalue weighted by Crippen LogP contribution is -2.03. The van der Waals surface area contributed by atoms with Gasteiger partial charge in [-0.2, -0.15) is 0 Å². The third-order valence-corrected chi connectivity index (χ3v) is 12.3. The molecule has 0 aliphatic carbocycles. The summed E-state index contributed by atoms with van der Waals surface area (Å²) in [6, 6.07) is 39.9. The second kappa shape index (κ2) is 11.4. The number of fused-ring (bicyclic) bond motifs is 6. The number of hydrogen-bond acceptors (Lipinski definition) is 1. The molecule has 0 aliphatic heterocycles. The molecular formula is C50H42O. The standard InChI is InChI=1S/C50H42O/c1-27-29(3)33(7)47-45(31(27)5)49(39-20-14-19-36(23-39)35-15-10-9-11-16-35)46-32(6)28(2)30(4)34(8)48(46)50(47)40-21-22-43-41(25-40)42-24-37-17-12-13-18-38(37)26-44(42)51-43/h9-26H,1-8H3. The van der Waals surface area contributed by atoms with E-state index in [0.29, 0.717) is 0 Å². The van der Waals surface area contributed by atoms with Gasteiger partial charge in [0.15, 0.2) is 0 Å². The molecule has 0 saturated carbocycles. The highest BCUT2D eigenvalue weighted by molar-refractivity contribution is 6.26. The van der Waals surface area contributed by atoms with Crippen LogP contribution in [0.15, 0.2) is 114 Å². The van der Waals surface area contributed by atoms with Crippen LogP contribution < -0.4 is 0 Å². The summed E-state index contributed by atoms with van der Waals surface area (Å²) in [5.74, 6) is 0. The third-order valence-electron chi connectivity index (χ3n) is 12.3. The predicted molar refractivity (Wildman–Crippen MR) is 220 cm³/mol.